The maximum Gasteiger partial charge on any atom is 0.0896 e. The normalized spacial score (nSPS) is 13.2. The van der Waals surface area contributed by atoms with Crippen LogP contribution in [0.2, 0.25) is 0 Å². The number of allylic oxidation sites excluding steroid dienone is 1. The Labute approximate surface area is 172 Å². The van der Waals surface area contributed by atoms with Crippen LogP contribution in [0.1, 0.15) is 112 Å². The van der Waals surface area contributed by atoms with Crippen molar-refractivity contribution in [2.75, 3.05) is 13.7 Å². The molecule has 0 amide bonds. The summed E-state index contributed by atoms with van der Waals surface area (Å²) in [4.78, 5) is 0. The monoisotopic (exact) mass is 387 g/mol. The number of nitrogens with one attached hydrogen (secondary N) is 1. The van der Waals surface area contributed by atoms with Gasteiger partial charge >= 0.3 is 0 Å². The highest BCUT2D eigenvalue weighted by Crippen LogP contribution is 2.12. The van der Waals surface area contributed by atoms with E-state index in [9.17, 15) is 5.11 Å². The van der Waals surface area contributed by atoms with Gasteiger partial charge in [-0.1, -0.05) is 111 Å². The van der Waals surface area contributed by atoms with Gasteiger partial charge in [0.2, 0.25) is 0 Å². The van der Waals surface area contributed by atoms with E-state index in [2.05, 4.69) is 33.0 Å². The molecule has 3 heteroatoms. The van der Waals surface area contributed by atoms with Gasteiger partial charge in [0.15, 0.2) is 0 Å². The summed E-state index contributed by atoms with van der Waals surface area (Å²) in [6.45, 7) is 8.72. The van der Waals surface area contributed by atoms with E-state index in [1.165, 1.54) is 70.6 Å². The van der Waals surface area contributed by atoms with Crippen molar-refractivity contribution in [1.29, 1.82) is 0 Å². The van der Waals surface area contributed by atoms with Gasteiger partial charge in [-0.05, 0) is 25.8 Å². The lowest BCUT2D eigenvalue weighted by Gasteiger charge is -2.16. The first-order valence-corrected chi connectivity index (χ1v) is 11.1. The van der Waals surface area contributed by atoms with E-state index in [1.54, 1.807) is 13.1 Å². The minimum atomic E-state index is -0.595. The van der Waals surface area contributed by atoms with Gasteiger partial charge in [0.25, 0.3) is 0 Å². The number of aliphatic hydroxyl groups is 2. The fourth-order valence-electron chi connectivity index (χ4n) is 2.67. The Morgan fingerprint density at radius 2 is 1.22 bits per heavy atom. The summed E-state index contributed by atoms with van der Waals surface area (Å²) in [5, 5.41) is 21.7. The zero-order chi connectivity index (χ0) is 20.0. The highest BCUT2D eigenvalue weighted by atomic mass is 16.3. The molecule has 0 saturated carbocycles. The maximum atomic E-state index is 9.78. The van der Waals surface area contributed by atoms with Crippen LogP contribution in [0.4, 0.5) is 0 Å². The van der Waals surface area contributed by atoms with Gasteiger partial charge in [-0.15, -0.1) is 0 Å². The van der Waals surface area contributed by atoms with Gasteiger partial charge in [-0.3, -0.25) is 0 Å². The molecule has 0 aromatic carbocycles. The summed E-state index contributed by atoms with van der Waals surface area (Å²) >= 11 is 0. The molecule has 2 unspecified atom stereocenters. The number of rotatable bonds is 16. The SMILES string of the molecule is C.CC(C)C.CCCCCCCCCCCCC/C=C/C(O)C(CO)NC. The van der Waals surface area contributed by atoms with Crippen LogP contribution in [0.5, 0.6) is 0 Å². The van der Waals surface area contributed by atoms with Crippen molar-refractivity contribution >= 4 is 0 Å². The van der Waals surface area contributed by atoms with E-state index >= 15 is 0 Å². The number of hydrogen-bond acceptors (Lipinski definition) is 3. The Hall–Kier alpha value is -0.380. The van der Waals surface area contributed by atoms with Crippen LogP contribution in [0.15, 0.2) is 12.2 Å². The van der Waals surface area contributed by atoms with Gasteiger partial charge in [0, 0.05) is 0 Å². The molecule has 0 aliphatic rings. The highest BCUT2D eigenvalue weighted by Gasteiger charge is 2.12. The average Bonchev–Trinajstić information content (AvgIpc) is 2.59. The van der Waals surface area contributed by atoms with E-state index in [1.807, 2.05) is 6.08 Å². The zero-order valence-corrected chi connectivity index (χ0v) is 18.5. The Morgan fingerprint density at radius 1 is 0.815 bits per heavy atom. The van der Waals surface area contributed by atoms with E-state index in [-0.39, 0.29) is 20.1 Å². The fourth-order valence-corrected chi connectivity index (χ4v) is 2.67. The molecule has 0 saturated heterocycles. The minimum Gasteiger partial charge on any atom is -0.395 e. The molecule has 0 aromatic rings. The maximum absolute atomic E-state index is 9.78. The molecule has 3 nitrogen and oxygen atoms in total. The Balaban J connectivity index is -0.00000104. The predicted molar refractivity (Wildman–Crippen MR) is 123 cm³/mol. The molecule has 2 atom stereocenters. The standard InChI is InChI=1S/C19H39NO2.C4H10.CH4/c1-3-4-5-6-7-8-9-10-11-12-13-14-15-16-19(22)18(17-21)20-2;1-4(2)3;/h15-16,18-22H,3-14,17H2,1-2H3;4H,1-3H3;1H4/b16-15+;;. The molecule has 0 spiro atoms. The molecule has 0 fully saturated rings. The first-order chi connectivity index (χ1) is 12.5. The number of likely N-dealkylation sites (N-methyl/N-ethyl adjacent to an activating group) is 1. The number of unbranched alkanes of at least 4 members (excludes halogenated alkanes) is 11. The Bertz CT molecular complexity index is 273. The van der Waals surface area contributed by atoms with Gasteiger partial charge < -0.3 is 15.5 Å². The summed E-state index contributed by atoms with van der Waals surface area (Å²) in [5.74, 6) is 0.833. The lowest BCUT2D eigenvalue weighted by atomic mass is 10.0. The van der Waals surface area contributed by atoms with Crippen LogP contribution in [-0.2, 0) is 0 Å². The van der Waals surface area contributed by atoms with Crippen LogP contribution in [-0.4, -0.2) is 36.0 Å². The molecule has 0 aliphatic carbocycles. The second kappa shape index (κ2) is 25.6. The van der Waals surface area contributed by atoms with Crippen LogP contribution < -0.4 is 5.32 Å². The first-order valence-electron chi connectivity index (χ1n) is 11.1. The van der Waals surface area contributed by atoms with Crippen LogP contribution in [0.25, 0.3) is 0 Å². The summed E-state index contributed by atoms with van der Waals surface area (Å²) in [7, 11) is 1.75. The van der Waals surface area contributed by atoms with Gasteiger partial charge in [-0.25, -0.2) is 0 Å². The molecule has 0 aromatic heterocycles. The van der Waals surface area contributed by atoms with Crippen molar-refractivity contribution in [2.45, 2.75) is 124 Å². The van der Waals surface area contributed by atoms with Crippen molar-refractivity contribution in [3.05, 3.63) is 12.2 Å². The summed E-state index contributed by atoms with van der Waals surface area (Å²) in [5.41, 5.74) is 0. The topological polar surface area (TPSA) is 52.5 Å². The van der Waals surface area contributed by atoms with Crippen molar-refractivity contribution < 1.29 is 10.2 Å². The third-order valence-electron chi connectivity index (χ3n) is 4.29. The second-order valence-electron chi connectivity index (χ2n) is 8.05. The van der Waals surface area contributed by atoms with Gasteiger partial charge in [0.05, 0.1) is 18.8 Å². The summed E-state index contributed by atoms with van der Waals surface area (Å²) < 4.78 is 0. The lowest BCUT2D eigenvalue weighted by molar-refractivity contribution is 0.128. The van der Waals surface area contributed by atoms with E-state index in [4.69, 9.17) is 5.11 Å². The van der Waals surface area contributed by atoms with E-state index < -0.39 is 6.10 Å². The molecule has 0 radical (unpaired) electrons. The van der Waals surface area contributed by atoms with Crippen molar-refractivity contribution in [1.82, 2.24) is 5.32 Å². The Morgan fingerprint density at radius 3 is 1.59 bits per heavy atom. The number of aliphatic hydroxyl groups excluding tert-OH is 2. The molecule has 0 aliphatic heterocycles. The predicted octanol–water partition coefficient (Wildman–Crippen LogP) is 6.48. The largest absolute Gasteiger partial charge is 0.395 e. The van der Waals surface area contributed by atoms with Crippen molar-refractivity contribution in [3.8, 4) is 0 Å². The molecule has 0 heterocycles. The smallest absolute Gasteiger partial charge is 0.0896 e. The molecular weight excluding hydrogens is 334 g/mol. The fraction of sp³-hybridized carbons (Fsp3) is 0.917. The summed E-state index contributed by atoms with van der Waals surface area (Å²) in [6, 6.07) is -0.256. The molecule has 0 bridgehead atoms. The first kappa shape index (κ1) is 31.3. The van der Waals surface area contributed by atoms with Crippen LogP contribution >= 0.6 is 0 Å². The molecule has 27 heavy (non-hydrogen) atoms. The van der Waals surface area contributed by atoms with Crippen molar-refractivity contribution in [2.24, 2.45) is 5.92 Å². The third-order valence-corrected chi connectivity index (χ3v) is 4.29. The van der Waals surface area contributed by atoms with Gasteiger partial charge in [-0.2, -0.15) is 0 Å². The quantitative estimate of drug-likeness (QED) is 0.210. The van der Waals surface area contributed by atoms with E-state index in [0.29, 0.717) is 0 Å². The van der Waals surface area contributed by atoms with E-state index in [0.717, 1.165) is 12.3 Å². The lowest BCUT2D eigenvalue weighted by Crippen LogP contribution is -2.39. The summed E-state index contributed by atoms with van der Waals surface area (Å²) in [6.07, 6.45) is 19.2. The molecular formula is C24H53NO2. The second-order valence-corrected chi connectivity index (χ2v) is 8.05. The van der Waals surface area contributed by atoms with Crippen LogP contribution in [0, 0.1) is 5.92 Å². The minimum absolute atomic E-state index is 0. The third kappa shape index (κ3) is 27.9. The van der Waals surface area contributed by atoms with Gasteiger partial charge in [0.1, 0.15) is 0 Å². The molecule has 0 rings (SSSR count). The molecule has 3 N–H and O–H groups in total. The van der Waals surface area contributed by atoms with Crippen LogP contribution in [0.3, 0.4) is 0 Å². The zero-order valence-electron chi connectivity index (χ0n) is 18.5. The number of hydrogen-bond donors (Lipinski definition) is 3. The highest BCUT2D eigenvalue weighted by molar-refractivity contribution is 4.94. The Kier molecular flexibility index (Phi) is 29.7. The van der Waals surface area contributed by atoms with Crippen molar-refractivity contribution in [3.63, 3.8) is 0 Å². The molecule has 166 valence electrons. The average molecular weight is 388 g/mol.